The summed E-state index contributed by atoms with van der Waals surface area (Å²) in [4.78, 5) is 6.63. The summed E-state index contributed by atoms with van der Waals surface area (Å²) in [6.45, 7) is -1.37. The second kappa shape index (κ2) is 6.29. The number of aromatic nitrogens is 4. The zero-order valence-electron chi connectivity index (χ0n) is 20.4. The van der Waals surface area contributed by atoms with Gasteiger partial charge in [-0.15, -0.1) is 0 Å². The Kier molecular flexibility index (Phi) is 2.82. The number of rotatable bonds is 3. The minimum atomic E-state index is -3.23. The van der Waals surface area contributed by atoms with Crippen molar-refractivity contribution in [2.75, 3.05) is 24.7 Å². The Labute approximate surface area is 164 Å². The van der Waals surface area contributed by atoms with E-state index in [4.69, 9.17) is 17.9 Å². The van der Waals surface area contributed by atoms with E-state index in [9.17, 15) is 5.11 Å². The lowest BCUT2D eigenvalue weighted by Gasteiger charge is -2.35. The van der Waals surface area contributed by atoms with Crippen molar-refractivity contribution in [3.8, 4) is 11.4 Å². The molecule has 0 unspecified atom stereocenters. The highest BCUT2D eigenvalue weighted by atomic mass is 32.1. The van der Waals surface area contributed by atoms with Crippen LogP contribution in [0, 0.1) is 6.92 Å². The molecule has 0 saturated carbocycles. The largest absolute Gasteiger partial charge is 0.386 e. The van der Waals surface area contributed by atoms with Gasteiger partial charge in [0.25, 0.3) is 0 Å². The predicted octanol–water partition coefficient (Wildman–Crippen LogP) is 2.84. The van der Waals surface area contributed by atoms with Crippen LogP contribution in [-0.4, -0.2) is 50.5 Å². The van der Waals surface area contributed by atoms with Crippen molar-refractivity contribution in [1.82, 2.24) is 19.6 Å². The molecular formula is C18H23N5O2S. The zero-order chi connectivity index (χ0) is 23.5. The number of aliphatic hydroxyl groups is 1. The first-order valence-corrected chi connectivity index (χ1v) is 9.02. The van der Waals surface area contributed by atoms with E-state index < -0.39 is 19.3 Å². The molecule has 3 aromatic rings. The van der Waals surface area contributed by atoms with Crippen molar-refractivity contribution in [1.29, 1.82) is 0 Å². The van der Waals surface area contributed by atoms with E-state index >= 15 is 0 Å². The second-order valence-corrected chi connectivity index (χ2v) is 7.26. The van der Waals surface area contributed by atoms with Crippen LogP contribution in [0.2, 0.25) is 0 Å². The third kappa shape index (κ3) is 2.98. The Bertz CT molecular complexity index is 1130. The first-order chi connectivity index (χ1) is 14.8. The third-order valence-electron chi connectivity index (χ3n) is 4.42. The molecule has 0 bridgehead atoms. The van der Waals surface area contributed by atoms with Gasteiger partial charge >= 0.3 is 0 Å². The van der Waals surface area contributed by atoms with Gasteiger partial charge in [0, 0.05) is 20.3 Å². The molecule has 0 amide bonds. The van der Waals surface area contributed by atoms with Crippen molar-refractivity contribution >= 4 is 27.6 Å². The quantitative estimate of drug-likeness (QED) is 0.728. The molecular weight excluding hydrogens is 350 g/mol. The molecule has 8 heteroatoms. The van der Waals surface area contributed by atoms with Crippen molar-refractivity contribution in [3.63, 3.8) is 0 Å². The van der Waals surface area contributed by atoms with Gasteiger partial charge in [0.05, 0.1) is 40.9 Å². The molecule has 7 nitrogen and oxygen atoms in total. The Morgan fingerprint density at radius 3 is 3.00 bits per heavy atom. The number of fused-ring (bicyclic) bond motifs is 1. The average Bonchev–Trinajstić information content (AvgIpc) is 3.31. The molecule has 2 N–H and O–H groups in total. The predicted molar refractivity (Wildman–Crippen MR) is 103 cm³/mol. The topological polar surface area (TPSA) is 87.2 Å². The fraction of sp³-hybridized carbons (Fsp3) is 0.500. The van der Waals surface area contributed by atoms with Crippen LogP contribution >= 0.6 is 11.5 Å². The van der Waals surface area contributed by atoms with E-state index in [0.29, 0.717) is 42.5 Å². The molecule has 3 aromatic heterocycles. The molecule has 4 heterocycles. The molecule has 1 atom stereocenters. The molecule has 0 aromatic carbocycles. The number of morpholine rings is 1. The molecule has 138 valence electrons. The fourth-order valence-electron chi connectivity index (χ4n) is 3.11. The van der Waals surface area contributed by atoms with Gasteiger partial charge in [-0.3, -0.25) is 5.10 Å². The standard InChI is InChI=1S/C18H23N5O2S/c1-10-7-13(21-20-10)15-16-17(26-22-15)12(18(3,4)24)8-14(19-16)23-5-6-25-9-11(23)2/h7-8,11,24H,5-6,9H2,1-4H3,(H,20,21)/t11-/m1/s1/i3D3,4D3. The summed E-state index contributed by atoms with van der Waals surface area (Å²) in [6, 6.07) is 3.04. The lowest BCUT2D eigenvalue weighted by molar-refractivity contribution is 0.0801. The van der Waals surface area contributed by atoms with E-state index in [0.717, 1.165) is 17.2 Å². The van der Waals surface area contributed by atoms with Crippen LogP contribution in [0.3, 0.4) is 0 Å². The van der Waals surface area contributed by atoms with Crippen molar-refractivity contribution < 1.29 is 18.1 Å². The molecule has 0 aliphatic carbocycles. The van der Waals surface area contributed by atoms with Gasteiger partial charge < -0.3 is 14.7 Å². The number of nitrogens with one attached hydrogen (secondary N) is 1. The molecule has 26 heavy (non-hydrogen) atoms. The fourth-order valence-corrected chi connectivity index (χ4v) is 4.01. The highest BCUT2D eigenvalue weighted by molar-refractivity contribution is 7.13. The van der Waals surface area contributed by atoms with Crippen molar-refractivity contribution in [2.45, 2.75) is 39.2 Å². The van der Waals surface area contributed by atoms with E-state index in [1.807, 2.05) is 11.8 Å². The maximum absolute atomic E-state index is 11.3. The van der Waals surface area contributed by atoms with E-state index in [-0.39, 0.29) is 16.3 Å². The maximum atomic E-state index is 11.3. The molecule has 1 aliphatic heterocycles. The van der Waals surface area contributed by atoms with Gasteiger partial charge in [0.1, 0.15) is 17.0 Å². The molecule has 1 aliphatic rings. The number of aromatic amines is 1. The summed E-state index contributed by atoms with van der Waals surface area (Å²) in [6.07, 6.45) is 0. The molecule has 1 fully saturated rings. The number of pyridine rings is 1. The monoisotopic (exact) mass is 379 g/mol. The highest BCUT2D eigenvalue weighted by Gasteiger charge is 2.28. The normalized spacial score (nSPS) is 23.0. The Hall–Kier alpha value is -2.03. The minimum Gasteiger partial charge on any atom is -0.386 e. The Balaban J connectivity index is 2.04. The Morgan fingerprint density at radius 2 is 2.31 bits per heavy atom. The van der Waals surface area contributed by atoms with Gasteiger partial charge in [-0.05, 0) is 51.2 Å². The summed E-state index contributed by atoms with van der Waals surface area (Å²) in [5.74, 6) is 0.355. The number of anilines is 1. The first-order valence-electron chi connectivity index (χ1n) is 11.2. The summed E-state index contributed by atoms with van der Waals surface area (Å²) in [7, 11) is 0. The molecule has 4 rings (SSSR count). The highest BCUT2D eigenvalue weighted by Crippen LogP contribution is 2.38. The third-order valence-corrected chi connectivity index (χ3v) is 5.29. The van der Waals surface area contributed by atoms with Crippen LogP contribution in [0.4, 0.5) is 5.82 Å². The van der Waals surface area contributed by atoms with Crippen LogP contribution < -0.4 is 4.90 Å². The van der Waals surface area contributed by atoms with Crippen LogP contribution in [0.15, 0.2) is 12.1 Å². The summed E-state index contributed by atoms with van der Waals surface area (Å²) in [5, 5.41) is 18.3. The number of hydrogen-bond donors (Lipinski definition) is 2. The lowest BCUT2D eigenvalue weighted by Crippen LogP contribution is -2.44. The van der Waals surface area contributed by atoms with Crippen LogP contribution in [-0.2, 0) is 10.3 Å². The number of nitrogens with zero attached hydrogens (tertiary/aromatic N) is 4. The van der Waals surface area contributed by atoms with Crippen LogP contribution in [0.25, 0.3) is 21.6 Å². The summed E-state index contributed by atoms with van der Waals surface area (Å²) < 4.78 is 57.6. The van der Waals surface area contributed by atoms with Gasteiger partial charge in [0.15, 0.2) is 0 Å². The first kappa shape index (κ1) is 11.6. The molecule has 0 spiro atoms. The lowest BCUT2D eigenvalue weighted by atomic mass is 9.98. The van der Waals surface area contributed by atoms with Gasteiger partial charge in [-0.25, -0.2) is 4.98 Å². The SMILES string of the molecule is [2H]C([2H])([2H])C(O)(c1cc(N2CCOC[C@H]2C)nc2c(-c3cc(C)n[nH]3)nsc12)C([2H])([2H])[2H]. The van der Waals surface area contributed by atoms with Crippen molar-refractivity contribution in [2.24, 2.45) is 0 Å². The number of aryl methyl sites for hydroxylation is 1. The number of ether oxygens (including phenoxy) is 1. The van der Waals surface area contributed by atoms with E-state index in [1.54, 1.807) is 13.0 Å². The number of H-pyrrole nitrogens is 1. The summed E-state index contributed by atoms with van der Waals surface area (Å²) >= 11 is 0.896. The van der Waals surface area contributed by atoms with Gasteiger partial charge in [-0.2, -0.15) is 9.47 Å². The molecule has 1 saturated heterocycles. The minimum absolute atomic E-state index is 0.0837. The van der Waals surface area contributed by atoms with E-state index in [2.05, 4.69) is 14.6 Å². The van der Waals surface area contributed by atoms with Crippen molar-refractivity contribution in [3.05, 3.63) is 23.4 Å². The maximum Gasteiger partial charge on any atom is 0.130 e. The summed E-state index contributed by atoms with van der Waals surface area (Å²) in [5.41, 5.74) is -1.35. The zero-order valence-corrected chi connectivity index (χ0v) is 15.2. The molecule has 0 radical (unpaired) electrons. The van der Waals surface area contributed by atoms with Gasteiger partial charge in [-0.1, -0.05) is 0 Å². The number of hydrogen-bond acceptors (Lipinski definition) is 7. The average molecular weight is 380 g/mol. The van der Waals surface area contributed by atoms with Gasteiger partial charge in [0.2, 0.25) is 0 Å². The van der Waals surface area contributed by atoms with Crippen LogP contribution in [0.5, 0.6) is 0 Å². The van der Waals surface area contributed by atoms with Crippen LogP contribution in [0.1, 0.15) is 40.1 Å². The van der Waals surface area contributed by atoms with E-state index in [1.165, 1.54) is 6.07 Å². The second-order valence-electron chi connectivity index (χ2n) is 6.49. The Morgan fingerprint density at radius 1 is 1.46 bits per heavy atom. The smallest absolute Gasteiger partial charge is 0.130 e.